The van der Waals surface area contributed by atoms with Crippen molar-refractivity contribution in [2.45, 2.75) is 133 Å². The Morgan fingerprint density at radius 3 is 2.40 bits per heavy atom. The van der Waals surface area contributed by atoms with Crippen LogP contribution in [0, 0.1) is 0 Å². The molecule has 6 bridgehead atoms. The Kier molecular flexibility index (Phi) is 22.5. The summed E-state index contributed by atoms with van der Waals surface area (Å²) in [5.74, 6) is -3.24. The van der Waals surface area contributed by atoms with Gasteiger partial charge in [0, 0.05) is 71.8 Å². The van der Waals surface area contributed by atoms with Gasteiger partial charge in [0.2, 0.25) is 29.5 Å². The molecule has 6 amide bonds. The van der Waals surface area contributed by atoms with Gasteiger partial charge in [-0.05, 0) is 76.4 Å². The van der Waals surface area contributed by atoms with Gasteiger partial charge in [-0.3, -0.25) is 34.7 Å². The van der Waals surface area contributed by atoms with Crippen LogP contribution < -0.4 is 36.7 Å². The molecule has 450 valence electrons. The van der Waals surface area contributed by atoms with Crippen LogP contribution in [0.15, 0.2) is 66.3 Å². The Labute approximate surface area is 483 Å². The summed E-state index contributed by atoms with van der Waals surface area (Å²) in [7, 11) is 9.58. The molecule has 8 atom stereocenters. The zero-order chi connectivity index (χ0) is 60.1. The average Bonchev–Trinajstić information content (AvgIpc) is 3.76. The Hall–Kier alpha value is -6.64. The van der Waals surface area contributed by atoms with Crippen molar-refractivity contribution >= 4 is 69.8 Å². The van der Waals surface area contributed by atoms with Crippen molar-refractivity contribution < 1.29 is 71.8 Å². The molecule has 1 aromatic heterocycles. The van der Waals surface area contributed by atoms with E-state index in [2.05, 4.69) is 27.4 Å². The number of aryl methyl sites for hydroxylation is 1. The maximum absolute atomic E-state index is 14.4. The third-order valence-electron chi connectivity index (χ3n) is 15.1. The summed E-state index contributed by atoms with van der Waals surface area (Å²) in [4.78, 5) is 95.6. The number of ether oxygens (including phenoxy) is 7. The maximum Gasteiger partial charge on any atom is 0.409 e. The molecule has 7 N–H and O–H groups in total. The van der Waals surface area contributed by atoms with Crippen molar-refractivity contribution in [3.63, 3.8) is 0 Å². The molecule has 4 aliphatic rings. The minimum Gasteiger partial charge on any atom is -0.495 e. The number of aromatic nitrogens is 1. The van der Waals surface area contributed by atoms with Gasteiger partial charge in [0.1, 0.15) is 52.4 Å². The first-order chi connectivity index (χ1) is 38.8. The molecule has 5 heterocycles. The second-order valence-electron chi connectivity index (χ2n) is 21.4. The van der Waals surface area contributed by atoms with Crippen molar-refractivity contribution in [3.05, 3.63) is 82.5 Å². The average molecular weight is 1170 g/mol. The number of carbonyl (C=O) groups excluding carboxylic acids is 7. The zero-order valence-electron chi connectivity index (χ0n) is 48.5. The third-order valence-corrected chi connectivity index (χ3v) is 15.5. The van der Waals surface area contributed by atoms with E-state index in [1.54, 1.807) is 45.2 Å². The van der Waals surface area contributed by atoms with Crippen LogP contribution >= 0.6 is 11.6 Å². The summed E-state index contributed by atoms with van der Waals surface area (Å²) < 4.78 is 43.0. The second-order valence-corrected chi connectivity index (χ2v) is 21.8. The summed E-state index contributed by atoms with van der Waals surface area (Å²) in [5, 5.41) is 22.8. The van der Waals surface area contributed by atoms with Crippen molar-refractivity contribution in [1.29, 1.82) is 0 Å². The number of anilines is 1. The molecule has 3 aromatic rings. The normalized spacial score (nSPS) is 24.7. The van der Waals surface area contributed by atoms with Crippen LogP contribution in [0.1, 0.15) is 77.5 Å². The lowest BCUT2D eigenvalue weighted by atomic mass is 9.72. The standard InChI is InChI=1S/C57H80ClN9O15/c1-35-14-13-17-44(77-10)57(75)32-46(81-54(74)63-57)56(4)34-55(3,82-56)45(31-50(71)66(8)42-27-37(26-35)28-43(76-9)51(42)58)80-53(73)36(2)65(7)49(70)19-22-78-24-25-79-23-20-61-52(72)40(30-47(59)68)62-48(69)18-21-67-39(33-64(6)60-5)29-38-15-11-12-16-41(38)67/h11-17,27-29,36,40,44-46,60,75H,18-26,30-34H2,1-10H3,(H2,59,68)(H,61,72)(H,62,69)(H,63,74)/b17-13+,35-14+/t36-,40-,44+,45-,46-,55+,56+,57-/m0/s1. The second kappa shape index (κ2) is 28.6. The van der Waals surface area contributed by atoms with Gasteiger partial charge in [0.25, 0.3) is 0 Å². The number of allylic oxidation sites excluding steroid dienone is 3. The molecule has 2 saturated heterocycles. The lowest BCUT2D eigenvalue weighted by Gasteiger charge is -2.59. The lowest BCUT2D eigenvalue weighted by molar-refractivity contribution is -0.328. The third kappa shape index (κ3) is 16.3. The van der Waals surface area contributed by atoms with E-state index in [4.69, 9.17) is 50.5 Å². The highest BCUT2D eigenvalue weighted by molar-refractivity contribution is 6.35. The number of rotatable bonds is 24. The van der Waals surface area contributed by atoms with E-state index >= 15 is 0 Å². The molecule has 0 unspecified atom stereocenters. The van der Waals surface area contributed by atoms with Gasteiger partial charge < -0.3 is 69.0 Å². The van der Waals surface area contributed by atoms with Gasteiger partial charge in [0.15, 0.2) is 5.72 Å². The maximum atomic E-state index is 14.4. The molecule has 0 spiro atoms. The van der Waals surface area contributed by atoms with Crippen LogP contribution in [0.5, 0.6) is 5.75 Å². The van der Waals surface area contributed by atoms with Gasteiger partial charge in [-0.25, -0.2) is 14.6 Å². The van der Waals surface area contributed by atoms with E-state index < -0.39 is 102 Å². The van der Waals surface area contributed by atoms with Gasteiger partial charge in [-0.2, -0.15) is 0 Å². The minimum atomic E-state index is -1.91. The topological polar surface area (TPSA) is 293 Å². The fourth-order valence-electron chi connectivity index (χ4n) is 10.4. The van der Waals surface area contributed by atoms with Crippen molar-refractivity contribution in [2.24, 2.45) is 5.73 Å². The molecular weight excluding hydrogens is 1090 g/mol. The number of primary amides is 1. The highest BCUT2D eigenvalue weighted by atomic mass is 35.5. The monoisotopic (exact) mass is 1170 g/mol. The summed E-state index contributed by atoms with van der Waals surface area (Å²) in [6.45, 7) is 7.95. The summed E-state index contributed by atoms with van der Waals surface area (Å²) in [6.07, 6.45) is 0.515. The zero-order valence-corrected chi connectivity index (χ0v) is 49.2. The molecule has 0 radical (unpaired) electrons. The first-order valence-electron chi connectivity index (χ1n) is 27.2. The van der Waals surface area contributed by atoms with Gasteiger partial charge in [-0.15, -0.1) is 0 Å². The quantitative estimate of drug-likeness (QED) is 0.0427. The Morgan fingerprint density at radius 2 is 1.72 bits per heavy atom. The molecule has 25 heteroatoms. The van der Waals surface area contributed by atoms with E-state index in [0.29, 0.717) is 30.9 Å². The number of halogens is 1. The number of hydrogen-bond donors (Lipinski definition) is 6. The number of amides is 6. The van der Waals surface area contributed by atoms with Crippen LogP contribution in [0.4, 0.5) is 10.5 Å². The number of fused-ring (bicyclic) bond motifs is 7. The number of hydrogen-bond acceptors (Lipinski definition) is 17. The Morgan fingerprint density at radius 1 is 1.01 bits per heavy atom. The molecule has 24 nitrogen and oxygen atoms in total. The number of methoxy groups -OCH3 is 2. The number of esters is 1. The van der Waals surface area contributed by atoms with Crippen LogP contribution in [0.25, 0.3) is 10.9 Å². The number of likely N-dealkylation sites (N-methyl/N-ethyl adjacent to an activating group) is 1. The molecule has 0 aliphatic carbocycles. The predicted molar refractivity (Wildman–Crippen MR) is 303 cm³/mol. The SMILES string of the molecule is CNN(C)Cc1cc2ccccc2n1CCC(=O)N[C@@H](CC(N)=O)C(=O)NCCOCCOCCC(=O)N(C)[C@@H](C)C(=O)O[C@H]1CC(=O)N(C)c2cc(cc(OC)c2Cl)C/C(C)=C/C=C/[C@@H](OC)[C@@]2(O)C[C@H](OC(=O)N2)[C@@]2(C)C[C@@]1(C)O2. The summed E-state index contributed by atoms with van der Waals surface area (Å²) in [6, 6.07) is 11.1. The fraction of sp³-hybridized carbons (Fsp3) is 0.561. The predicted octanol–water partition coefficient (Wildman–Crippen LogP) is 3.17. The lowest BCUT2D eigenvalue weighted by Crippen LogP contribution is -2.72. The molecule has 0 saturated carbocycles. The van der Waals surface area contributed by atoms with E-state index in [9.17, 15) is 38.7 Å². The molecule has 2 aromatic carbocycles. The first kappa shape index (κ1) is 64.5. The van der Waals surface area contributed by atoms with Crippen molar-refractivity contribution in [3.8, 4) is 5.75 Å². The number of para-hydroxylation sites is 1. The van der Waals surface area contributed by atoms with E-state index in [1.165, 1.54) is 38.0 Å². The van der Waals surface area contributed by atoms with E-state index in [-0.39, 0.29) is 63.7 Å². The van der Waals surface area contributed by atoms with Gasteiger partial charge in [-0.1, -0.05) is 53.6 Å². The molecule has 7 rings (SSSR count). The van der Waals surface area contributed by atoms with Crippen molar-refractivity contribution in [1.82, 2.24) is 35.9 Å². The van der Waals surface area contributed by atoms with Crippen molar-refractivity contribution in [2.75, 3.05) is 80.3 Å². The number of nitrogens with two attached hydrogens (primary N) is 1. The number of carbonyl (C=O) groups is 7. The summed E-state index contributed by atoms with van der Waals surface area (Å²) in [5.41, 5.74) is 7.98. The highest BCUT2D eigenvalue weighted by Gasteiger charge is 2.63. The Balaban J connectivity index is 0.999. The van der Waals surface area contributed by atoms with Crippen LogP contribution in [0.3, 0.4) is 0 Å². The smallest absolute Gasteiger partial charge is 0.409 e. The fourth-order valence-corrected chi connectivity index (χ4v) is 10.7. The van der Waals surface area contributed by atoms with Crippen LogP contribution in [0.2, 0.25) is 5.02 Å². The molecule has 4 aliphatic heterocycles. The number of nitrogens with zero attached hydrogens (tertiary/aromatic N) is 4. The summed E-state index contributed by atoms with van der Waals surface area (Å²) >= 11 is 6.82. The van der Waals surface area contributed by atoms with Gasteiger partial charge in [0.05, 0.1) is 65.0 Å². The number of aliphatic hydroxyl groups is 1. The number of nitrogens with one attached hydrogen (secondary N) is 4. The van der Waals surface area contributed by atoms with Gasteiger partial charge >= 0.3 is 12.1 Å². The largest absolute Gasteiger partial charge is 0.495 e. The van der Waals surface area contributed by atoms with Crippen LogP contribution in [-0.2, 0) is 76.7 Å². The van der Waals surface area contributed by atoms with E-state index in [1.807, 2.05) is 60.9 Å². The number of benzene rings is 2. The van der Waals surface area contributed by atoms with Crippen LogP contribution in [-0.4, -0.2) is 184 Å². The molecule has 82 heavy (non-hydrogen) atoms. The Bertz CT molecular complexity index is 2860. The minimum absolute atomic E-state index is 0.0233. The highest BCUT2D eigenvalue weighted by Crippen LogP contribution is 2.50. The first-order valence-corrected chi connectivity index (χ1v) is 27.6. The number of alkyl carbamates (subject to hydrolysis) is 1. The molecule has 2 fully saturated rings. The van der Waals surface area contributed by atoms with E-state index in [0.717, 1.165) is 27.7 Å². The number of hydrazine groups is 1. The molecular formula is C57H80ClN9O15.